The van der Waals surface area contributed by atoms with E-state index in [4.69, 9.17) is 27.9 Å². The summed E-state index contributed by atoms with van der Waals surface area (Å²) in [6, 6.07) is 10.2. The molecule has 2 aromatic carbocycles. The van der Waals surface area contributed by atoms with E-state index in [1.54, 1.807) is 36.5 Å². The van der Waals surface area contributed by atoms with Crippen molar-refractivity contribution in [1.82, 2.24) is 4.98 Å². The summed E-state index contributed by atoms with van der Waals surface area (Å²) < 4.78 is 5.82. The van der Waals surface area contributed by atoms with Crippen LogP contribution < -0.4 is 5.32 Å². The number of fused-ring (bicyclic) bond motifs is 1. The third kappa shape index (κ3) is 4.24. The second-order valence-corrected chi connectivity index (χ2v) is 7.29. The van der Waals surface area contributed by atoms with E-state index in [1.165, 1.54) is 6.92 Å². The lowest BCUT2D eigenvalue weighted by Crippen LogP contribution is -2.14. The number of para-hydroxylation sites is 1. The maximum Gasteiger partial charge on any atom is 0.302 e. The highest BCUT2D eigenvalue weighted by Crippen LogP contribution is 2.31. The minimum absolute atomic E-state index is 0.0860. The zero-order valence-electron chi connectivity index (χ0n) is 14.1. The fourth-order valence-corrected chi connectivity index (χ4v) is 3.57. The van der Waals surface area contributed by atoms with Crippen molar-refractivity contribution in [2.75, 3.05) is 5.32 Å². The molecule has 1 amide bonds. The number of halogens is 3. The Kier molecular flexibility index (Phi) is 5.99. The molecule has 0 radical (unpaired) electrons. The van der Waals surface area contributed by atoms with Gasteiger partial charge in [0.15, 0.2) is 0 Å². The van der Waals surface area contributed by atoms with Gasteiger partial charge in [0.25, 0.3) is 5.91 Å². The van der Waals surface area contributed by atoms with E-state index in [0.717, 1.165) is 10.9 Å². The van der Waals surface area contributed by atoms with E-state index < -0.39 is 5.91 Å². The van der Waals surface area contributed by atoms with Crippen LogP contribution in [0.1, 0.15) is 22.8 Å². The molecule has 8 heteroatoms. The summed E-state index contributed by atoms with van der Waals surface area (Å²) >= 11 is 15.6. The smallest absolute Gasteiger partial charge is 0.302 e. The van der Waals surface area contributed by atoms with Crippen LogP contribution >= 0.6 is 39.1 Å². The van der Waals surface area contributed by atoms with E-state index in [2.05, 4.69) is 26.2 Å². The molecule has 0 saturated carbocycles. The van der Waals surface area contributed by atoms with Crippen molar-refractivity contribution in [2.24, 2.45) is 0 Å². The van der Waals surface area contributed by atoms with Crippen LogP contribution in [-0.2, 0) is 16.1 Å². The second-order valence-electron chi connectivity index (χ2n) is 5.62. The van der Waals surface area contributed by atoms with Gasteiger partial charge < -0.3 is 10.1 Å². The lowest BCUT2D eigenvalue weighted by atomic mass is 10.1. The van der Waals surface area contributed by atoms with Gasteiger partial charge in [-0.25, -0.2) is 0 Å². The van der Waals surface area contributed by atoms with Crippen molar-refractivity contribution < 1.29 is 14.3 Å². The Morgan fingerprint density at radius 1 is 1.15 bits per heavy atom. The highest BCUT2D eigenvalue weighted by Gasteiger charge is 2.17. The molecule has 27 heavy (non-hydrogen) atoms. The Morgan fingerprint density at radius 2 is 1.81 bits per heavy atom. The normalized spacial score (nSPS) is 10.7. The number of pyridine rings is 1. The molecular formula is C19H13BrCl2N2O3. The topological polar surface area (TPSA) is 68.3 Å². The van der Waals surface area contributed by atoms with Crippen LogP contribution in [-0.4, -0.2) is 16.9 Å². The average molecular weight is 468 g/mol. The molecule has 0 fully saturated rings. The van der Waals surface area contributed by atoms with Crippen LogP contribution in [0.5, 0.6) is 0 Å². The zero-order chi connectivity index (χ0) is 19.6. The molecule has 5 nitrogen and oxygen atoms in total. The Hall–Kier alpha value is -2.15. The third-order valence-corrected chi connectivity index (χ3v) is 5.13. The standard InChI is InChI=1S/C19H13BrCl2N2O3/c1-10(25)27-9-12-11-4-2-7-16(18(11)23-8-13(12)20)24-19(26)17-14(21)5-3-6-15(17)22/h2-8H,9H2,1H3,(H,24,26). The predicted molar refractivity (Wildman–Crippen MR) is 109 cm³/mol. The first kappa shape index (κ1) is 19.6. The van der Waals surface area contributed by atoms with Crippen LogP contribution in [0.2, 0.25) is 10.0 Å². The first-order valence-corrected chi connectivity index (χ1v) is 9.38. The number of benzene rings is 2. The molecule has 0 aliphatic carbocycles. The molecule has 1 N–H and O–H groups in total. The van der Waals surface area contributed by atoms with Gasteiger partial charge in [0.05, 0.1) is 26.8 Å². The number of nitrogens with zero attached hydrogens (tertiary/aromatic N) is 1. The number of hydrogen-bond donors (Lipinski definition) is 1. The van der Waals surface area contributed by atoms with Gasteiger partial charge in [-0.15, -0.1) is 0 Å². The quantitative estimate of drug-likeness (QED) is 0.505. The summed E-state index contributed by atoms with van der Waals surface area (Å²) in [5.74, 6) is -0.825. The summed E-state index contributed by atoms with van der Waals surface area (Å²) in [5, 5.41) is 4.06. The molecule has 0 aliphatic rings. The van der Waals surface area contributed by atoms with E-state index >= 15 is 0 Å². The molecule has 0 spiro atoms. The number of carbonyl (C=O) groups excluding carboxylic acids is 2. The second kappa shape index (κ2) is 8.25. The Balaban J connectivity index is 2.02. The number of anilines is 1. The van der Waals surface area contributed by atoms with Crippen molar-refractivity contribution >= 4 is 67.6 Å². The van der Waals surface area contributed by atoms with Crippen LogP contribution in [0.3, 0.4) is 0 Å². The van der Waals surface area contributed by atoms with Crippen LogP contribution in [0.4, 0.5) is 5.69 Å². The largest absolute Gasteiger partial charge is 0.461 e. The van der Waals surface area contributed by atoms with Gasteiger partial charge in [0, 0.05) is 28.5 Å². The number of nitrogens with one attached hydrogen (secondary N) is 1. The minimum Gasteiger partial charge on any atom is -0.461 e. The third-order valence-electron chi connectivity index (χ3n) is 3.81. The van der Waals surface area contributed by atoms with E-state index in [9.17, 15) is 9.59 Å². The molecule has 1 aromatic heterocycles. The number of amides is 1. The van der Waals surface area contributed by atoms with Gasteiger partial charge in [0.2, 0.25) is 0 Å². The molecular weight excluding hydrogens is 455 g/mol. The van der Waals surface area contributed by atoms with Gasteiger partial charge in [-0.2, -0.15) is 0 Å². The summed E-state index contributed by atoms with van der Waals surface area (Å²) in [5.41, 5.74) is 1.99. The fourth-order valence-electron chi connectivity index (χ4n) is 2.57. The first-order chi connectivity index (χ1) is 12.9. The Bertz CT molecular complexity index is 1040. The number of ether oxygens (including phenoxy) is 1. The van der Waals surface area contributed by atoms with E-state index in [1.807, 2.05) is 6.07 Å². The average Bonchev–Trinajstić information content (AvgIpc) is 2.60. The highest BCUT2D eigenvalue weighted by atomic mass is 79.9. The number of aromatic nitrogens is 1. The molecule has 1 heterocycles. The summed E-state index contributed by atoms with van der Waals surface area (Å²) in [7, 11) is 0. The van der Waals surface area contributed by atoms with Crippen molar-refractivity contribution in [2.45, 2.75) is 13.5 Å². The van der Waals surface area contributed by atoms with Crippen LogP contribution in [0.15, 0.2) is 47.1 Å². The molecule has 3 rings (SSSR count). The fraction of sp³-hybridized carbons (Fsp3) is 0.105. The summed E-state index contributed by atoms with van der Waals surface area (Å²) in [6.07, 6.45) is 1.60. The van der Waals surface area contributed by atoms with Gasteiger partial charge >= 0.3 is 5.97 Å². The molecule has 0 atom stereocenters. The Labute approximate surface area is 173 Å². The molecule has 0 aliphatic heterocycles. The maximum atomic E-state index is 12.7. The van der Waals surface area contributed by atoms with Gasteiger partial charge in [-0.1, -0.05) is 41.4 Å². The molecule has 3 aromatic rings. The van der Waals surface area contributed by atoms with Crippen molar-refractivity contribution in [3.63, 3.8) is 0 Å². The Morgan fingerprint density at radius 3 is 2.48 bits per heavy atom. The molecule has 138 valence electrons. The van der Waals surface area contributed by atoms with Gasteiger partial charge in [-0.3, -0.25) is 14.6 Å². The van der Waals surface area contributed by atoms with Gasteiger partial charge in [0.1, 0.15) is 6.61 Å². The predicted octanol–water partition coefficient (Wildman–Crippen LogP) is 5.62. The molecule has 0 bridgehead atoms. The number of carbonyl (C=O) groups is 2. The van der Waals surface area contributed by atoms with Crippen LogP contribution in [0, 0.1) is 0 Å². The molecule has 0 saturated heterocycles. The SMILES string of the molecule is CC(=O)OCc1c(Br)cnc2c(NC(=O)c3c(Cl)cccc3Cl)cccc12. The lowest BCUT2D eigenvalue weighted by Gasteiger charge is -2.13. The minimum atomic E-state index is -0.440. The van der Waals surface area contributed by atoms with Crippen LogP contribution in [0.25, 0.3) is 10.9 Å². The van der Waals surface area contributed by atoms with E-state index in [-0.39, 0.29) is 28.2 Å². The monoisotopic (exact) mass is 466 g/mol. The zero-order valence-corrected chi connectivity index (χ0v) is 17.2. The van der Waals surface area contributed by atoms with Crippen molar-refractivity contribution in [3.8, 4) is 0 Å². The van der Waals surface area contributed by atoms with Crippen molar-refractivity contribution in [1.29, 1.82) is 0 Å². The van der Waals surface area contributed by atoms with E-state index in [0.29, 0.717) is 15.7 Å². The highest BCUT2D eigenvalue weighted by molar-refractivity contribution is 9.10. The maximum absolute atomic E-state index is 12.7. The summed E-state index contributed by atoms with van der Waals surface area (Å²) in [4.78, 5) is 28.2. The van der Waals surface area contributed by atoms with Crippen molar-refractivity contribution in [3.05, 3.63) is 68.2 Å². The number of esters is 1. The lowest BCUT2D eigenvalue weighted by molar-refractivity contribution is -0.142. The molecule has 0 unspecified atom stereocenters. The summed E-state index contributed by atoms with van der Waals surface area (Å²) in [6.45, 7) is 1.43. The first-order valence-electron chi connectivity index (χ1n) is 7.83. The number of hydrogen-bond acceptors (Lipinski definition) is 4. The van der Waals surface area contributed by atoms with Gasteiger partial charge in [-0.05, 0) is 34.1 Å². The number of rotatable bonds is 4.